The molecule has 1 unspecified atom stereocenters. The average molecular weight is 418 g/mol. The zero-order valence-corrected chi connectivity index (χ0v) is 18.6. The molecule has 8 nitrogen and oxygen atoms in total. The maximum absolute atomic E-state index is 12.1. The minimum Gasteiger partial charge on any atom is -0.379 e. The zero-order chi connectivity index (χ0) is 20.4. The van der Waals surface area contributed by atoms with Crippen LogP contribution in [0.2, 0.25) is 0 Å². The molecule has 2 aliphatic rings. The molecule has 2 rings (SSSR count). The topological polar surface area (TPSA) is 95.1 Å². The van der Waals surface area contributed by atoms with Crippen molar-refractivity contribution in [2.45, 2.75) is 46.1 Å². The smallest absolute Gasteiger partial charge is 0.213 e. The first-order chi connectivity index (χ1) is 13.4. The number of guanidine groups is 1. The molecule has 0 bridgehead atoms. The summed E-state index contributed by atoms with van der Waals surface area (Å²) < 4.78 is 32.5. The maximum atomic E-state index is 12.1. The predicted octanol–water partition coefficient (Wildman–Crippen LogP) is 0.618. The van der Waals surface area contributed by atoms with Gasteiger partial charge in [-0.2, -0.15) is 0 Å². The van der Waals surface area contributed by atoms with E-state index in [9.17, 15) is 8.42 Å². The summed E-state index contributed by atoms with van der Waals surface area (Å²) in [7, 11) is -3.24. The van der Waals surface area contributed by atoms with Gasteiger partial charge in [0.1, 0.15) is 0 Å². The van der Waals surface area contributed by atoms with E-state index in [-0.39, 0.29) is 5.75 Å². The minimum atomic E-state index is -3.24. The Bertz CT molecular complexity index is 572. The van der Waals surface area contributed by atoms with Crippen LogP contribution in [0.25, 0.3) is 0 Å². The SMILES string of the molecule is CCNC(=NCC(C(C)C)N1CCOCC1)NCCS(=O)(=O)NCC1CCC1. The van der Waals surface area contributed by atoms with Gasteiger partial charge in [-0.15, -0.1) is 0 Å². The summed E-state index contributed by atoms with van der Waals surface area (Å²) in [6.07, 6.45) is 3.49. The van der Waals surface area contributed by atoms with Gasteiger partial charge in [0.05, 0.1) is 25.5 Å². The number of rotatable bonds is 11. The van der Waals surface area contributed by atoms with Gasteiger partial charge in [-0.25, -0.2) is 13.1 Å². The van der Waals surface area contributed by atoms with Crippen molar-refractivity contribution in [2.75, 3.05) is 58.2 Å². The molecule has 1 aliphatic carbocycles. The number of hydrogen-bond acceptors (Lipinski definition) is 5. The van der Waals surface area contributed by atoms with Crippen molar-refractivity contribution in [1.82, 2.24) is 20.3 Å². The molecule has 1 atom stereocenters. The molecule has 2 fully saturated rings. The fraction of sp³-hybridized carbons (Fsp3) is 0.947. The summed E-state index contributed by atoms with van der Waals surface area (Å²) in [6.45, 7) is 12.2. The van der Waals surface area contributed by atoms with Crippen molar-refractivity contribution in [3.05, 3.63) is 0 Å². The minimum absolute atomic E-state index is 0.0568. The molecule has 3 N–H and O–H groups in total. The molecule has 9 heteroatoms. The molecule has 0 spiro atoms. The highest BCUT2D eigenvalue weighted by Crippen LogP contribution is 2.25. The first-order valence-electron chi connectivity index (χ1n) is 10.7. The molecule has 1 aliphatic heterocycles. The van der Waals surface area contributed by atoms with Gasteiger partial charge in [0.15, 0.2) is 5.96 Å². The summed E-state index contributed by atoms with van der Waals surface area (Å²) in [6, 6.07) is 0.354. The van der Waals surface area contributed by atoms with Crippen LogP contribution in [0.4, 0.5) is 0 Å². The summed E-state index contributed by atoms with van der Waals surface area (Å²) >= 11 is 0. The third-order valence-corrected chi connectivity index (χ3v) is 6.89. The molecule has 1 saturated carbocycles. The van der Waals surface area contributed by atoms with Crippen LogP contribution in [0.3, 0.4) is 0 Å². The third kappa shape index (κ3) is 8.23. The lowest BCUT2D eigenvalue weighted by molar-refractivity contribution is 0.00867. The highest BCUT2D eigenvalue weighted by atomic mass is 32.2. The fourth-order valence-corrected chi connectivity index (χ4v) is 4.51. The van der Waals surface area contributed by atoms with E-state index in [0.717, 1.165) is 45.7 Å². The third-order valence-electron chi connectivity index (χ3n) is 5.54. The van der Waals surface area contributed by atoms with E-state index >= 15 is 0 Å². The molecular weight excluding hydrogens is 378 g/mol. The molecule has 164 valence electrons. The van der Waals surface area contributed by atoms with Gasteiger partial charge in [-0.1, -0.05) is 20.3 Å². The molecule has 0 amide bonds. The van der Waals surface area contributed by atoms with Crippen LogP contribution in [-0.2, 0) is 14.8 Å². The van der Waals surface area contributed by atoms with E-state index in [0.29, 0.717) is 43.5 Å². The summed E-state index contributed by atoms with van der Waals surface area (Å²) in [4.78, 5) is 7.16. The normalized spacial score (nSPS) is 20.8. The lowest BCUT2D eigenvalue weighted by atomic mass is 9.86. The van der Waals surface area contributed by atoms with Gasteiger partial charge < -0.3 is 15.4 Å². The van der Waals surface area contributed by atoms with Crippen LogP contribution in [0, 0.1) is 11.8 Å². The van der Waals surface area contributed by atoms with Crippen LogP contribution in [-0.4, -0.2) is 83.6 Å². The van der Waals surface area contributed by atoms with Crippen molar-refractivity contribution < 1.29 is 13.2 Å². The molecule has 0 radical (unpaired) electrons. The highest BCUT2D eigenvalue weighted by Gasteiger charge is 2.24. The van der Waals surface area contributed by atoms with Gasteiger partial charge in [-0.3, -0.25) is 9.89 Å². The quantitative estimate of drug-likeness (QED) is 0.337. The average Bonchev–Trinajstić information content (AvgIpc) is 2.61. The molecular formula is C19H39N5O3S. The maximum Gasteiger partial charge on any atom is 0.213 e. The van der Waals surface area contributed by atoms with Crippen LogP contribution in [0.1, 0.15) is 40.0 Å². The van der Waals surface area contributed by atoms with E-state index in [4.69, 9.17) is 9.73 Å². The Morgan fingerprint density at radius 3 is 2.50 bits per heavy atom. The van der Waals surface area contributed by atoms with E-state index in [1.165, 1.54) is 6.42 Å². The lowest BCUT2D eigenvalue weighted by Gasteiger charge is -2.36. The number of nitrogens with zero attached hydrogens (tertiary/aromatic N) is 2. The Morgan fingerprint density at radius 2 is 1.93 bits per heavy atom. The Labute approximate surface area is 170 Å². The molecule has 0 aromatic heterocycles. The van der Waals surface area contributed by atoms with Crippen LogP contribution in [0.5, 0.6) is 0 Å². The summed E-state index contributed by atoms with van der Waals surface area (Å²) in [5.74, 6) is 1.74. The number of sulfonamides is 1. The van der Waals surface area contributed by atoms with Crippen molar-refractivity contribution >= 4 is 16.0 Å². The monoisotopic (exact) mass is 417 g/mol. The Kier molecular flexibility index (Phi) is 9.98. The van der Waals surface area contributed by atoms with Crippen molar-refractivity contribution in [3.63, 3.8) is 0 Å². The van der Waals surface area contributed by atoms with Crippen LogP contribution < -0.4 is 15.4 Å². The number of morpholine rings is 1. The highest BCUT2D eigenvalue weighted by molar-refractivity contribution is 7.89. The van der Waals surface area contributed by atoms with Gasteiger partial charge in [0.25, 0.3) is 0 Å². The Morgan fingerprint density at radius 1 is 1.21 bits per heavy atom. The Balaban J connectivity index is 1.80. The number of aliphatic imine (C=N–C) groups is 1. The van der Waals surface area contributed by atoms with Gasteiger partial charge >= 0.3 is 0 Å². The molecule has 0 aromatic rings. The second kappa shape index (κ2) is 11.9. The lowest BCUT2D eigenvalue weighted by Crippen LogP contribution is -2.48. The predicted molar refractivity (Wildman–Crippen MR) is 114 cm³/mol. The van der Waals surface area contributed by atoms with E-state index in [2.05, 4.69) is 34.1 Å². The van der Waals surface area contributed by atoms with Gasteiger partial charge in [0, 0.05) is 38.8 Å². The number of nitrogens with one attached hydrogen (secondary N) is 3. The molecule has 1 saturated heterocycles. The van der Waals surface area contributed by atoms with E-state index in [1.807, 2.05) is 6.92 Å². The molecule has 0 aromatic carbocycles. The van der Waals surface area contributed by atoms with Gasteiger partial charge in [0.2, 0.25) is 10.0 Å². The second-order valence-electron chi connectivity index (χ2n) is 8.07. The Hall–Kier alpha value is -0.900. The molecule has 28 heavy (non-hydrogen) atoms. The van der Waals surface area contributed by atoms with Crippen molar-refractivity contribution in [1.29, 1.82) is 0 Å². The van der Waals surface area contributed by atoms with E-state index < -0.39 is 10.0 Å². The summed E-state index contributed by atoms with van der Waals surface area (Å²) in [5.41, 5.74) is 0. The largest absolute Gasteiger partial charge is 0.379 e. The molecule has 1 heterocycles. The van der Waals surface area contributed by atoms with Crippen LogP contribution in [0.15, 0.2) is 4.99 Å². The summed E-state index contributed by atoms with van der Waals surface area (Å²) in [5, 5.41) is 6.38. The van der Waals surface area contributed by atoms with Crippen molar-refractivity contribution in [3.8, 4) is 0 Å². The standard InChI is InChI=1S/C19H39N5O3S/c1-4-20-19(21-8-13-28(25,26)23-14-17-6-5-7-17)22-15-18(16(2)3)24-9-11-27-12-10-24/h16-18,23H,4-15H2,1-3H3,(H2,20,21,22). The van der Waals surface area contributed by atoms with Gasteiger partial charge in [-0.05, 0) is 31.6 Å². The van der Waals surface area contributed by atoms with E-state index in [1.54, 1.807) is 0 Å². The van der Waals surface area contributed by atoms with Crippen molar-refractivity contribution in [2.24, 2.45) is 16.8 Å². The first kappa shape index (κ1) is 23.4. The second-order valence-corrected chi connectivity index (χ2v) is 10.00. The first-order valence-corrected chi connectivity index (χ1v) is 12.4. The number of hydrogen-bond donors (Lipinski definition) is 3. The fourth-order valence-electron chi connectivity index (χ4n) is 3.50. The number of ether oxygens (including phenoxy) is 1. The zero-order valence-electron chi connectivity index (χ0n) is 17.7. The van der Waals surface area contributed by atoms with Crippen LogP contribution >= 0.6 is 0 Å².